The molecule has 18 rings (SSSR count). The number of likely N-dealkylation sites (tertiary alicyclic amines) is 4. The SMILES string of the molecule is CC(=O)C1SC(C(C)(C)C)=NN1C.CC(=O)CN(C)C1Cc2ccccc2C1.CC(=O)[C@@H]1C2CCC(CC2)N1C.CC(=O)[C@@H]1CC2(CN1C)SCCS2.CC(=O)[C@@H]1CC2CCCC2N1C.CC(=O)[C@@H]1CC2CCCCC2N1C.CC(=O)[C@@H]1CCCN1C.CC(=O)[C@@H]1CN(C)C(=O)N1C.CC(=O)[C@@H]1Cc2ccccc2CN1C.COc1cc2c(cc1OC)CN(C)[C@H](C(C)=O)C2. The minimum absolute atomic E-state index is 0.0319. The number of likely N-dealkylation sites (N-methyl/N-ethyl adjacent to an activating group) is 11. The van der Waals surface area contributed by atoms with E-state index in [0.717, 1.165) is 112 Å². The molecule has 2 bridgehead atoms. The molecule has 11 fully saturated rings. The van der Waals surface area contributed by atoms with Gasteiger partial charge in [0.05, 0.1) is 67.1 Å². The Bertz CT molecular complexity index is 4360. The van der Waals surface area contributed by atoms with Crippen molar-refractivity contribution >= 4 is 104 Å². The number of nitrogens with zero attached hydrogens (tertiary/aromatic N) is 12. The molecule has 3 aromatic rings. The zero-order valence-corrected chi connectivity index (χ0v) is 86.2. The van der Waals surface area contributed by atoms with Gasteiger partial charge in [0.1, 0.15) is 57.4 Å². The number of benzene rings is 3. The second-order valence-electron chi connectivity index (χ2n) is 40.2. The second-order valence-corrected chi connectivity index (χ2v) is 44.5. The fourth-order valence-electron chi connectivity index (χ4n) is 22.0. The smallest absolute Gasteiger partial charge is 0.320 e. The minimum atomic E-state index is -0.243. The van der Waals surface area contributed by atoms with E-state index in [-0.39, 0.29) is 94.1 Å². The molecule has 0 aromatic heterocycles. The summed E-state index contributed by atoms with van der Waals surface area (Å²) in [6.45, 7) is 27.9. The van der Waals surface area contributed by atoms with E-state index in [1.54, 1.807) is 112 Å². The summed E-state index contributed by atoms with van der Waals surface area (Å²) < 4.78 is 11.0. The maximum Gasteiger partial charge on any atom is 0.320 e. The molecule has 3 aromatic carbocycles. The van der Waals surface area contributed by atoms with Crippen LogP contribution in [-0.2, 0) is 86.7 Å². The third kappa shape index (κ3) is 29.2. The average molecular weight is 1860 g/mol. The Morgan fingerprint density at radius 1 is 0.469 bits per heavy atom. The summed E-state index contributed by atoms with van der Waals surface area (Å²) in [5.74, 6) is 8.92. The second kappa shape index (κ2) is 49.8. The van der Waals surface area contributed by atoms with Gasteiger partial charge in [0.2, 0.25) is 0 Å². The summed E-state index contributed by atoms with van der Waals surface area (Å²) >= 11 is 5.65. The standard InChI is InChI=1S/C14H19NO3.C13H17NO.C12H15NO.C11H19NO.2C10H17NO.C9H16N2OS.C9H15NOS2.C7H12N2O2.C7H13NO/c1-9(16)12-5-10-6-13(17-3)14(18-4)7-11(10)8-15(12)2;1-10(15)9-14(2)13-7-11-5-3-4-6-12(11)8-13;1-9(14)12-7-10-5-3-4-6-11(10)8-13(12)2;1-8(13)11-7-9-5-3-4-6-10(9)12(11)2;1-7(12)10-8-3-5-9(6-4-8)11(10)2;1-7(12)10-6-8-4-3-5-9(8)11(10)2;1-6(12)7-11(5)10-8(13-7)9(2,3)4;1-7(11)8-5-9(6-10(8)2)12-3-4-13-9;1-5(10)6-4-8(2)7(11)9(6)3;1-6(9)7-4-3-5-8(7)2/h6-7,12H,5,8H2,1-4H3;3-6,13H,7-9H2,1-2H3;3-6,12H,7-8H2,1-2H3;9-11H,3-7H2,1-2H3;2*8-10H,3-6H2,1-2H3;7H,1-5H3;8H,3-6H2,1-2H3;6H,4H2,1-3H3;7H,3-5H2,1-2H3/t12-;;12-;9?,10?,11-;2*8?,9?,10-;;8-;6-;7-/m0.0010.000/s1. The summed E-state index contributed by atoms with van der Waals surface area (Å²) in [6.07, 6.45) is 23.9. The molecule has 28 heteroatoms. The third-order valence-corrected chi connectivity index (χ3v) is 34.6. The van der Waals surface area contributed by atoms with E-state index in [2.05, 4.69) is 136 Å². The number of hydrogen-bond donors (Lipinski definition) is 0. The fraction of sp³-hybridized carbons (Fsp3) is 0.706. The van der Waals surface area contributed by atoms with Gasteiger partial charge in [0.15, 0.2) is 28.4 Å². The first-order valence-corrected chi connectivity index (χ1v) is 50.4. The molecule has 0 radical (unpaired) electrons. The number of amides is 2. The molecule has 130 heavy (non-hydrogen) atoms. The zero-order chi connectivity index (χ0) is 96.2. The maximum absolute atomic E-state index is 11.6. The van der Waals surface area contributed by atoms with Crippen LogP contribution in [0.1, 0.15) is 226 Å². The van der Waals surface area contributed by atoms with E-state index in [4.69, 9.17) is 9.47 Å². The molecule has 724 valence electrons. The molecule has 0 N–H and O–H groups in total. The van der Waals surface area contributed by atoms with Crippen LogP contribution in [0, 0.1) is 23.2 Å². The van der Waals surface area contributed by atoms with E-state index in [1.807, 2.05) is 77.0 Å². The average Bonchev–Trinajstić information content (AvgIpc) is 1.56. The van der Waals surface area contributed by atoms with Crippen molar-refractivity contribution in [1.82, 2.24) is 54.0 Å². The van der Waals surface area contributed by atoms with Gasteiger partial charge in [-0.15, -0.1) is 23.5 Å². The molecule has 1 spiro atoms. The van der Waals surface area contributed by atoms with Crippen LogP contribution in [0.25, 0.3) is 0 Å². The summed E-state index contributed by atoms with van der Waals surface area (Å²) in [7, 11) is 24.9. The number of thioether (sulfide) groups is 3. The first-order valence-electron chi connectivity index (χ1n) is 47.5. The zero-order valence-electron chi connectivity index (χ0n) is 83.7. The Labute approximate surface area is 792 Å². The van der Waals surface area contributed by atoms with Crippen molar-refractivity contribution in [2.24, 2.45) is 28.3 Å². The number of carbonyl (C=O) groups excluding carboxylic acids is 11. The molecular weight excluding hydrogens is 1700 g/mol. The lowest BCUT2D eigenvalue weighted by molar-refractivity contribution is -0.129. The van der Waals surface area contributed by atoms with Gasteiger partial charge in [-0.05, 0) is 305 Å². The van der Waals surface area contributed by atoms with Gasteiger partial charge in [-0.25, -0.2) is 4.79 Å². The lowest BCUT2D eigenvalue weighted by Crippen LogP contribution is -2.55. The number of urea groups is 1. The van der Waals surface area contributed by atoms with Crippen LogP contribution in [0.5, 0.6) is 11.5 Å². The molecule has 5 unspecified atom stereocenters. The molecule has 8 saturated heterocycles. The van der Waals surface area contributed by atoms with E-state index in [0.29, 0.717) is 70.1 Å². The number of ether oxygens (including phenoxy) is 2. The number of ketones is 10. The van der Waals surface area contributed by atoms with Crippen LogP contribution in [-0.4, -0.2) is 334 Å². The van der Waals surface area contributed by atoms with E-state index < -0.39 is 0 Å². The molecule has 15 aliphatic rings. The van der Waals surface area contributed by atoms with Gasteiger partial charge in [-0.1, -0.05) is 100 Å². The van der Waals surface area contributed by atoms with Gasteiger partial charge < -0.3 is 19.3 Å². The van der Waals surface area contributed by atoms with Crippen LogP contribution < -0.4 is 9.47 Å². The van der Waals surface area contributed by atoms with Crippen molar-refractivity contribution in [3.63, 3.8) is 0 Å². The Morgan fingerprint density at radius 3 is 1.30 bits per heavy atom. The van der Waals surface area contributed by atoms with Crippen LogP contribution >= 0.6 is 35.3 Å². The summed E-state index contributed by atoms with van der Waals surface area (Å²) in [5, 5.41) is 7.02. The monoisotopic (exact) mass is 1860 g/mol. The van der Waals surface area contributed by atoms with E-state index in [1.165, 1.54) is 134 Å². The molecular formula is C102H160N12O13S3. The number of methoxy groups -OCH3 is 2. The first kappa shape index (κ1) is 109. The summed E-state index contributed by atoms with van der Waals surface area (Å²) in [4.78, 5) is 144. The van der Waals surface area contributed by atoms with Crippen molar-refractivity contribution < 1.29 is 62.2 Å². The number of rotatable bonds is 14. The van der Waals surface area contributed by atoms with E-state index >= 15 is 0 Å². The van der Waals surface area contributed by atoms with Crippen molar-refractivity contribution in [2.45, 2.75) is 313 Å². The van der Waals surface area contributed by atoms with Gasteiger partial charge in [0, 0.05) is 88.4 Å². The lowest BCUT2D eigenvalue weighted by Gasteiger charge is -2.48. The fourth-order valence-corrected chi connectivity index (χ4v) is 26.5. The van der Waals surface area contributed by atoms with Crippen LogP contribution in [0.4, 0.5) is 4.79 Å². The number of piperidine rings is 2. The maximum atomic E-state index is 11.6. The number of fused-ring (bicyclic) bond motifs is 8. The quantitative estimate of drug-likeness (QED) is 0.145. The topological polar surface area (TPSA) is 254 Å². The van der Waals surface area contributed by atoms with Crippen molar-refractivity contribution in [3.05, 3.63) is 94.0 Å². The predicted octanol–water partition coefficient (Wildman–Crippen LogP) is 13.7. The Morgan fingerprint density at radius 2 is 0.923 bits per heavy atom. The molecule has 13 atom stereocenters. The van der Waals surface area contributed by atoms with E-state index in [9.17, 15) is 52.7 Å². The van der Waals surface area contributed by atoms with Gasteiger partial charge >= 0.3 is 6.03 Å². The lowest BCUT2D eigenvalue weighted by atomic mass is 9.74. The van der Waals surface area contributed by atoms with Crippen molar-refractivity contribution in [1.29, 1.82) is 0 Å². The first-order chi connectivity index (χ1) is 61.2. The molecule has 11 aliphatic heterocycles. The number of hydrazone groups is 1. The highest BCUT2D eigenvalue weighted by Crippen LogP contribution is 2.52. The molecule has 4 aliphatic carbocycles. The van der Waals surface area contributed by atoms with Crippen LogP contribution in [0.15, 0.2) is 65.8 Å². The van der Waals surface area contributed by atoms with Gasteiger partial charge in [0.25, 0.3) is 0 Å². The largest absolute Gasteiger partial charge is 0.493 e. The number of carbonyl (C=O) groups is 11. The highest BCUT2D eigenvalue weighted by Gasteiger charge is 2.49. The molecule has 25 nitrogen and oxygen atoms in total. The minimum Gasteiger partial charge on any atom is -0.493 e. The number of hydrogen-bond acceptors (Lipinski definition) is 26. The molecule has 3 saturated carbocycles. The molecule has 11 heterocycles. The number of Topliss-reactive ketones (excluding diaryl/α,β-unsaturated/α-hetero) is 10. The Kier molecular flexibility index (Phi) is 41.6. The van der Waals surface area contributed by atoms with Gasteiger partial charge in [-0.3, -0.25) is 92.2 Å². The predicted molar refractivity (Wildman–Crippen MR) is 527 cm³/mol. The highest BCUT2D eigenvalue weighted by molar-refractivity contribution is 8.21. The summed E-state index contributed by atoms with van der Waals surface area (Å²) in [6, 6.07) is 24.4. The van der Waals surface area contributed by atoms with Gasteiger partial charge in [-0.2, -0.15) is 5.10 Å². The van der Waals surface area contributed by atoms with Crippen molar-refractivity contribution in [2.75, 3.05) is 129 Å². The van der Waals surface area contributed by atoms with Crippen LogP contribution in [0.2, 0.25) is 0 Å². The third-order valence-electron chi connectivity index (χ3n) is 29.4. The molecule has 2 amide bonds. The Balaban J connectivity index is 0.000000179. The van der Waals surface area contributed by atoms with Crippen molar-refractivity contribution in [3.8, 4) is 11.5 Å². The Hall–Kier alpha value is -6.57. The highest BCUT2D eigenvalue weighted by atomic mass is 32.2. The summed E-state index contributed by atoms with van der Waals surface area (Å²) in [5.41, 5.74) is 7.98. The normalized spacial score (nSPS) is 28.2. The van der Waals surface area contributed by atoms with Crippen LogP contribution in [0.3, 0.4) is 0 Å².